The van der Waals surface area contributed by atoms with Crippen molar-refractivity contribution in [3.05, 3.63) is 42.0 Å². The Labute approximate surface area is 104 Å². The van der Waals surface area contributed by atoms with Gasteiger partial charge >= 0.3 is 0 Å². The maximum atomic E-state index is 5.93. The van der Waals surface area contributed by atoms with E-state index in [2.05, 4.69) is 4.98 Å². The third-order valence-electron chi connectivity index (χ3n) is 2.93. The predicted molar refractivity (Wildman–Crippen MR) is 73.0 cm³/mol. The van der Waals surface area contributed by atoms with Crippen molar-refractivity contribution in [3.8, 4) is 11.5 Å². The van der Waals surface area contributed by atoms with E-state index in [-0.39, 0.29) is 0 Å². The van der Waals surface area contributed by atoms with Crippen molar-refractivity contribution in [2.75, 3.05) is 11.5 Å². The minimum Gasteiger partial charge on any atom is -0.436 e. The van der Waals surface area contributed by atoms with E-state index < -0.39 is 0 Å². The quantitative estimate of drug-likeness (QED) is 0.640. The van der Waals surface area contributed by atoms with Gasteiger partial charge in [-0.25, -0.2) is 4.98 Å². The highest BCUT2D eigenvalue weighted by Crippen LogP contribution is 2.30. The van der Waals surface area contributed by atoms with Crippen molar-refractivity contribution in [1.82, 2.24) is 4.98 Å². The lowest BCUT2D eigenvalue weighted by molar-refractivity contribution is 0.620. The Bertz CT molecular complexity index is 731. The topological polar surface area (TPSA) is 78.1 Å². The van der Waals surface area contributed by atoms with Crippen LogP contribution in [0.5, 0.6) is 0 Å². The zero-order valence-electron chi connectivity index (χ0n) is 9.97. The second-order valence-electron chi connectivity index (χ2n) is 4.29. The van der Waals surface area contributed by atoms with Gasteiger partial charge in [-0.15, -0.1) is 0 Å². The third kappa shape index (κ3) is 1.59. The number of benzene rings is 2. The Kier molecular flexibility index (Phi) is 2.23. The van der Waals surface area contributed by atoms with Crippen LogP contribution in [0.3, 0.4) is 0 Å². The van der Waals surface area contributed by atoms with Crippen LogP contribution in [0.2, 0.25) is 0 Å². The molecule has 4 N–H and O–H groups in total. The molecule has 0 radical (unpaired) electrons. The van der Waals surface area contributed by atoms with Crippen LogP contribution in [0.4, 0.5) is 11.4 Å². The van der Waals surface area contributed by atoms with Crippen LogP contribution in [0.1, 0.15) is 5.56 Å². The number of nitrogen functional groups attached to an aromatic ring is 2. The number of rotatable bonds is 1. The number of nitrogens with two attached hydrogens (primary N) is 2. The summed E-state index contributed by atoms with van der Waals surface area (Å²) in [6.45, 7) is 2.00. The molecule has 0 aliphatic rings. The summed E-state index contributed by atoms with van der Waals surface area (Å²) >= 11 is 0. The lowest BCUT2D eigenvalue weighted by Gasteiger charge is -2.01. The van der Waals surface area contributed by atoms with Crippen LogP contribution in [-0.4, -0.2) is 4.98 Å². The van der Waals surface area contributed by atoms with Gasteiger partial charge < -0.3 is 15.9 Å². The van der Waals surface area contributed by atoms with Crippen LogP contribution in [0.25, 0.3) is 22.6 Å². The number of oxazole rings is 1. The molecule has 0 saturated carbocycles. The van der Waals surface area contributed by atoms with Gasteiger partial charge in [-0.3, -0.25) is 0 Å². The summed E-state index contributed by atoms with van der Waals surface area (Å²) in [5.41, 5.74) is 16.3. The number of para-hydroxylation sites is 1. The Morgan fingerprint density at radius 1 is 1.11 bits per heavy atom. The Morgan fingerprint density at radius 3 is 2.72 bits per heavy atom. The van der Waals surface area contributed by atoms with E-state index in [0.717, 1.165) is 22.2 Å². The largest absolute Gasteiger partial charge is 0.436 e. The third-order valence-corrected chi connectivity index (χ3v) is 2.93. The zero-order chi connectivity index (χ0) is 12.7. The number of hydrogen-bond acceptors (Lipinski definition) is 4. The maximum Gasteiger partial charge on any atom is 0.229 e. The Hall–Kier alpha value is -2.49. The number of nitrogens with zero attached hydrogens (tertiary/aromatic N) is 1. The monoisotopic (exact) mass is 239 g/mol. The second-order valence-corrected chi connectivity index (χ2v) is 4.29. The van der Waals surface area contributed by atoms with E-state index in [9.17, 15) is 0 Å². The fourth-order valence-electron chi connectivity index (χ4n) is 1.96. The molecule has 0 saturated heterocycles. The zero-order valence-corrected chi connectivity index (χ0v) is 9.97. The summed E-state index contributed by atoms with van der Waals surface area (Å²) in [5.74, 6) is 0.504. The van der Waals surface area contributed by atoms with Gasteiger partial charge in [-0.1, -0.05) is 12.1 Å². The summed E-state index contributed by atoms with van der Waals surface area (Å²) in [5, 5.41) is 0. The maximum absolute atomic E-state index is 5.93. The molecule has 0 amide bonds. The van der Waals surface area contributed by atoms with Crippen LogP contribution >= 0.6 is 0 Å². The van der Waals surface area contributed by atoms with Crippen molar-refractivity contribution in [3.63, 3.8) is 0 Å². The Morgan fingerprint density at radius 2 is 1.94 bits per heavy atom. The van der Waals surface area contributed by atoms with Gasteiger partial charge in [0.15, 0.2) is 5.58 Å². The summed E-state index contributed by atoms with van der Waals surface area (Å²) in [4.78, 5) is 4.48. The molecule has 18 heavy (non-hydrogen) atoms. The molecule has 4 heteroatoms. The minimum absolute atomic E-state index is 0.504. The number of aryl methyl sites for hydroxylation is 1. The van der Waals surface area contributed by atoms with Crippen LogP contribution in [0.15, 0.2) is 40.8 Å². The molecule has 0 bridgehead atoms. The van der Waals surface area contributed by atoms with Crippen LogP contribution in [-0.2, 0) is 0 Å². The van der Waals surface area contributed by atoms with E-state index in [0.29, 0.717) is 17.3 Å². The van der Waals surface area contributed by atoms with Crippen molar-refractivity contribution >= 4 is 22.5 Å². The molecule has 0 atom stereocenters. The van der Waals surface area contributed by atoms with Crippen molar-refractivity contribution < 1.29 is 4.42 Å². The fourth-order valence-corrected chi connectivity index (χ4v) is 1.96. The molecule has 1 heterocycles. The number of hydrogen-bond donors (Lipinski definition) is 2. The molecule has 0 unspecified atom stereocenters. The number of aromatic nitrogens is 1. The lowest BCUT2D eigenvalue weighted by atomic mass is 10.1. The van der Waals surface area contributed by atoms with E-state index in [1.807, 2.05) is 25.1 Å². The van der Waals surface area contributed by atoms with Gasteiger partial charge in [0.1, 0.15) is 5.52 Å². The number of fused-ring (bicyclic) bond motifs is 1. The summed E-state index contributed by atoms with van der Waals surface area (Å²) in [6, 6.07) is 11.1. The highest BCUT2D eigenvalue weighted by molar-refractivity contribution is 5.82. The van der Waals surface area contributed by atoms with E-state index in [1.54, 1.807) is 18.2 Å². The molecule has 3 aromatic rings. The highest BCUT2D eigenvalue weighted by Gasteiger charge is 2.12. The van der Waals surface area contributed by atoms with Crippen molar-refractivity contribution in [2.45, 2.75) is 6.92 Å². The normalized spacial score (nSPS) is 10.9. The van der Waals surface area contributed by atoms with Gasteiger partial charge in [-0.05, 0) is 36.8 Å². The van der Waals surface area contributed by atoms with Crippen molar-refractivity contribution in [2.24, 2.45) is 0 Å². The summed E-state index contributed by atoms with van der Waals surface area (Å²) < 4.78 is 5.72. The molecule has 0 aliphatic heterocycles. The summed E-state index contributed by atoms with van der Waals surface area (Å²) in [6.07, 6.45) is 0. The highest BCUT2D eigenvalue weighted by atomic mass is 16.3. The minimum atomic E-state index is 0.504. The van der Waals surface area contributed by atoms with E-state index in [1.165, 1.54) is 0 Å². The molecule has 1 aromatic heterocycles. The number of anilines is 2. The first-order chi connectivity index (χ1) is 8.65. The lowest BCUT2D eigenvalue weighted by Crippen LogP contribution is -1.92. The van der Waals surface area contributed by atoms with Crippen LogP contribution in [0, 0.1) is 6.92 Å². The van der Waals surface area contributed by atoms with Crippen LogP contribution < -0.4 is 11.5 Å². The van der Waals surface area contributed by atoms with Gasteiger partial charge in [0, 0.05) is 11.4 Å². The smallest absolute Gasteiger partial charge is 0.229 e. The standard InChI is InChI=1S/C14H13N3O/c1-8-3-2-4-12-13(8)17-14(18-12)10-7-9(15)5-6-11(10)16/h2-7H,15-16H2,1H3. The molecule has 0 spiro atoms. The van der Waals surface area contributed by atoms with Gasteiger partial charge in [0.2, 0.25) is 5.89 Å². The summed E-state index contributed by atoms with van der Waals surface area (Å²) in [7, 11) is 0. The molecular weight excluding hydrogens is 226 g/mol. The molecule has 3 rings (SSSR count). The van der Waals surface area contributed by atoms with Gasteiger partial charge in [0.05, 0.1) is 5.56 Å². The first-order valence-corrected chi connectivity index (χ1v) is 5.66. The molecule has 0 fully saturated rings. The van der Waals surface area contributed by atoms with E-state index >= 15 is 0 Å². The fraction of sp³-hybridized carbons (Fsp3) is 0.0714. The SMILES string of the molecule is Cc1cccc2oc(-c3cc(N)ccc3N)nc12. The average Bonchev–Trinajstić information content (AvgIpc) is 2.77. The van der Waals surface area contributed by atoms with E-state index in [4.69, 9.17) is 15.9 Å². The average molecular weight is 239 g/mol. The first-order valence-electron chi connectivity index (χ1n) is 5.66. The van der Waals surface area contributed by atoms with Crippen molar-refractivity contribution in [1.29, 1.82) is 0 Å². The van der Waals surface area contributed by atoms with Gasteiger partial charge in [0.25, 0.3) is 0 Å². The molecular formula is C14H13N3O. The Balaban J connectivity index is 2.26. The first kappa shape index (κ1) is 10.7. The molecule has 4 nitrogen and oxygen atoms in total. The molecule has 90 valence electrons. The second kappa shape index (κ2) is 3.77. The van der Waals surface area contributed by atoms with Gasteiger partial charge in [-0.2, -0.15) is 0 Å². The predicted octanol–water partition coefficient (Wildman–Crippen LogP) is 2.97. The molecule has 2 aromatic carbocycles. The molecule has 0 aliphatic carbocycles.